The predicted octanol–water partition coefficient (Wildman–Crippen LogP) is 1.02. The molecule has 0 radical (unpaired) electrons. The van der Waals surface area contributed by atoms with Gasteiger partial charge in [-0.1, -0.05) is 12.1 Å². The highest BCUT2D eigenvalue weighted by molar-refractivity contribution is 7.89. The van der Waals surface area contributed by atoms with Crippen molar-refractivity contribution in [3.8, 4) is 0 Å². The standard InChI is InChI=1S/C9H10F3NO3S/c10-9(11,12)6-13-17(15,16)8-3-1-7(5-14)2-4-8/h1-4,13-14H,5-6H2. The average molecular weight is 269 g/mol. The molecule has 0 heterocycles. The second kappa shape index (κ2) is 5.03. The molecule has 1 aromatic carbocycles. The van der Waals surface area contributed by atoms with Gasteiger partial charge in [-0.15, -0.1) is 0 Å². The smallest absolute Gasteiger partial charge is 0.392 e. The van der Waals surface area contributed by atoms with Gasteiger partial charge in [-0.2, -0.15) is 13.2 Å². The van der Waals surface area contributed by atoms with E-state index in [0.29, 0.717) is 5.56 Å². The molecule has 96 valence electrons. The van der Waals surface area contributed by atoms with E-state index in [0.717, 1.165) is 12.1 Å². The van der Waals surface area contributed by atoms with Gasteiger partial charge in [0.15, 0.2) is 0 Å². The molecule has 0 aromatic heterocycles. The summed E-state index contributed by atoms with van der Waals surface area (Å²) in [6.07, 6.45) is -4.60. The van der Waals surface area contributed by atoms with Gasteiger partial charge in [0.05, 0.1) is 11.5 Å². The first-order valence-electron chi connectivity index (χ1n) is 4.51. The van der Waals surface area contributed by atoms with Gasteiger partial charge in [0.2, 0.25) is 10.0 Å². The fourth-order valence-corrected chi connectivity index (χ4v) is 2.05. The SMILES string of the molecule is O=S(=O)(NCC(F)(F)F)c1ccc(CO)cc1. The molecule has 1 aromatic rings. The molecule has 0 aliphatic rings. The lowest BCUT2D eigenvalue weighted by molar-refractivity contribution is -0.121. The normalized spacial score (nSPS) is 12.7. The van der Waals surface area contributed by atoms with Gasteiger partial charge in [0, 0.05) is 0 Å². The molecule has 0 unspecified atom stereocenters. The van der Waals surface area contributed by atoms with E-state index in [1.165, 1.54) is 16.9 Å². The summed E-state index contributed by atoms with van der Waals surface area (Å²) < 4.78 is 59.8. The van der Waals surface area contributed by atoms with Crippen molar-refractivity contribution in [3.05, 3.63) is 29.8 Å². The summed E-state index contributed by atoms with van der Waals surface area (Å²) in [5, 5.41) is 8.73. The highest BCUT2D eigenvalue weighted by Gasteiger charge is 2.29. The molecule has 2 N–H and O–H groups in total. The van der Waals surface area contributed by atoms with Crippen LogP contribution in [0, 0.1) is 0 Å². The molecule has 0 fully saturated rings. The van der Waals surface area contributed by atoms with Crippen LogP contribution < -0.4 is 4.72 Å². The molecule has 0 bridgehead atoms. The van der Waals surface area contributed by atoms with Crippen molar-refractivity contribution in [1.82, 2.24) is 4.72 Å². The van der Waals surface area contributed by atoms with Crippen molar-refractivity contribution in [2.24, 2.45) is 0 Å². The second-order valence-electron chi connectivity index (χ2n) is 3.24. The van der Waals surface area contributed by atoms with E-state index in [2.05, 4.69) is 0 Å². The molecule has 0 spiro atoms. The van der Waals surface area contributed by atoms with Crippen molar-refractivity contribution in [1.29, 1.82) is 0 Å². The number of aliphatic hydroxyl groups excluding tert-OH is 1. The minimum Gasteiger partial charge on any atom is -0.392 e. The highest BCUT2D eigenvalue weighted by Crippen LogP contribution is 2.15. The van der Waals surface area contributed by atoms with Gasteiger partial charge >= 0.3 is 6.18 Å². The Morgan fingerprint density at radius 1 is 1.18 bits per heavy atom. The van der Waals surface area contributed by atoms with E-state index in [1.807, 2.05) is 0 Å². The molecule has 0 aliphatic heterocycles. The number of aliphatic hydroxyl groups is 1. The summed E-state index contributed by atoms with van der Waals surface area (Å²) in [6, 6.07) is 4.90. The fourth-order valence-electron chi connectivity index (χ4n) is 1.03. The zero-order chi connectivity index (χ0) is 13.1. The van der Waals surface area contributed by atoms with E-state index in [-0.39, 0.29) is 11.5 Å². The van der Waals surface area contributed by atoms with Gasteiger partial charge in [0.1, 0.15) is 6.54 Å². The maximum absolute atomic E-state index is 11.9. The molecule has 4 nitrogen and oxygen atoms in total. The van der Waals surface area contributed by atoms with Gasteiger partial charge in [-0.3, -0.25) is 0 Å². The number of sulfonamides is 1. The Labute approximate surface area is 96.1 Å². The van der Waals surface area contributed by atoms with Crippen molar-refractivity contribution < 1.29 is 26.7 Å². The molecule has 0 amide bonds. The van der Waals surface area contributed by atoms with Crippen LogP contribution in [-0.2, 0) is 16.6 Å². The lowest BCUT2D eigenvalue weighted by atomic mass is 10.2. The zero-order valence-corrected chi connectivity index (χ0v) is 9.35. The van der Waals surface area contributed by atoms with Crippen LogP contribution in [0.15, 0.2) is 29.2 Å². The Kier molecular flexibility index (Phi) is 4.12. The number of hydrogen-bond donors (Lipinski definition) is 2. The maximum Gasteiger partial charge on any atom is 0.402 e. The Hall–Kier alpha value is -1.12. The Bertz CT molecular complexity index is 467. The first-order valence-corrected chi connectivity index (χ1v) is 5.99. The zero-order valence-electron chi connectivity index (χ0n) is 8.53. The summed E-state index contributed by atoms with van der Waals surface area (Å²) in [6.45, 7) is -1.88. The van der Waals surface area contributed by atoms with Crippen LogP contribution in [0.1, 0.15) is 5.56 Å². The van der Waals surface area contributed by atoms with Gasteiger partial charge in [-0.25, -0.2) is 13.1 Å². The fraction of sp³-hybridized carbons (Fsp3) is 0.333. The topological polar surface area (TPSA) is 66.4 Å². The monoisotopic (exact) mass is 269 g/mol. The number of hydrogen-bond acceptors (Lipinski definition) is 3. The Balaban J connectivity index is 2.82. The van der Waals surface area contributed by atoms with E-state index in [9.17, 15) is 21.6 Å². The van der Waals surface area contributed by atoms with Gasteiger partial charge in [-0.05, 0) is 17.7 Å². The predicted molar refractivity (Wildman–Crippen MR) is 53.6 cm³/mol. The quantitative estimate of drug-likeness (QED) is 0.857. The summed E-state index contributed by atoms with van der Waals surface area (Å²) in [4.78, 5) is -0.279. The molecule has 0 saturated carbocycles. The lowest BCUT2D eigenvalue weighted by Gasteiger charge is -2.09. The molecule has 17 heavy (non-hydrogen) atoms. The van der Waals surface area contributed by atoms with Crippen molar-refractivity contribution in [2.45, 2.75) is 17.7 Å². The largest absolute Gasteiger partial charge is 0.402 e. The molecule has 1 rings (SSSR count). The summed E-state index contributed by atoms with van der Waals surface area (Å²) in [5.41, 5.74) is 0.472. The first kappa shape index (κ1) is 13.9. The second-order valence-corrected chi connectivity index (χ2v) is 5.01. The number of nitrogens with one attached hydrogen (secondary N) is 1. The summed E-state index contributed by atoms with van der Waals surface area (Å²) >= 11 is 0. The Morgan fingerprint density at radius 2 is 1.71 bits per heavy atom. The van der Waals surface area contributed by atoms with E-state index < -0.39 is 22.7 Å². The van der Waals surface area contributed by atoms with Crippen LogP contribution in [-0.4, -0.2) is 26.2 Å². The number of rotatable bonds is 4. The van der Waals surface area contributed by atoms with Crippen molar-refractivity contribution >= 4 is 10.0 Å². The van der Waals surface area contributed by atoms with Crippen LogP contribution in [0.5, 0.6) is 0 Å². The Morgan fingerprint density at radius 3 is 2.12 bits per heavy atom. The summed E-state index contributed by atoms with van der Waals surface area (Å²) in [5.74, 6) is 0. The van der Waals surface area contributed by atoms with Gasteiger partial charge < -0.3 is 5.11 Å². The van der Waals surface area contributed by atoms with Crippen LogP contribution in [0.25, 0.3) is 0 Å². The van der Waals surface area contributed by atoms with Crippen LogP contribution >= 0.6 is 0 Å². The van der Waals surface area contributed by atoms with E-state index >= 15 is 0 Å². The third-order valence-corrected chi connectivity index (χ3v) is 3.30. The van der Waals surface area contributed by atoms with Crippen molar-refractivity contribution in [2.75, 3.05) is 6.54 Å². The van der Waals surface area contributed by atoms with Crippen LogP contribution in [0.2, 0.25) is 0 Å². The minimum absolute atomic E-state index is 0.268. The van der Waals surface area contributed by atoms with E-state index in [1.54, 1.807) is 0 Å². The first-order chi connectivity index (χ1) is 7.74. The molecule has 0 atom stereocenters. The minimum atomic E-state index is -4.60. The molecule has 0 saturated heterocycles. The third kappa shape index (κ3) is 4.33. The van der Waals surface area contributed by atoms with Gasteiger partial charge in [0.25, 0.3) is 0 Å². The summed E-state index contributed by atoms with van der Waals surface area (Å²) in [7, 11) is -4.17. The average Bonchev–Trinajstić information content (AvgIpc) is 2.26. The van der Waals surface area contributed by atoms with Crippen molar-refractivity contribution in [3.63, 3.8) is 0 Å². The molecular weight excluding hydrogens is 259 g/mol. The number of benzene rings is 1. The van der Waals surface area contributed by atoms with Crippen LogP contribution in [0.4, 0.5) is 13.2 Å². The molecule has 8 heteroatoms. The lowest BCUT2D eigenvalue weighted by Crippen LogP contribution is -2.33. The molecule has 0 aliphatic carbocycles. The van der Waals surface area contributed by atoms with Crippen LogP contribution in [0.3, 0.4) is 0 Å². The highest BCUT2D eigenvalue weighted by atomic mass is 32.2. The number of alkyl halides is 3. The third-order valence-electron chi connectivity index (χ3n) is 1.88. The maximum atomic E-state index is 11.9. The number of halogens is 3. The van der Waals surface area contributed by atoms with E-state index in [4.69, 9.17) is 5.11 Å². The molecular formula is C9H10F3NO3S.